The number of likely N-dealkylation sites (N-methyl/N-ethyl adjacent to an activating group) is 1. The van der Waals surface area contributed by atoms with Crippen LogP contribution in [0.1, 0.15) is 140 Å². The standard InChI is InChI=1S/C81H82Cl4N8O30/c1-3-4-5-6-7-8-9-10-51(99)87-61-65(103)67(105)71(79(115)116)123-80(61)122-70-48-22-32-23-49(70)119-69-40(83)19-33(20-41(69)84)63(101)60-77(112)91-58(78(113)114)37-24-34(95)25-47(120-81-68(106)66(104)64(102)50(28-94)121-81)52(37)36-17-29(11-14-42(36)96)55(73(108)93-60)88-74(109)56(32)89-75(110)57-38-26-35(27-44(98)53(38)85)117-46-21-30(12-15-43(46)97)54(86-2)72(107)92-59(76(111)90-57)62(100)31-13-16-45(118-48)39(82)18-31/h11-27,50,54-68,71,80-81,86,94-98,100-106H,3-10,28H2,1-2H3,(H,87,99)(H,88,109)(H,89,110)(H,90,111)(H,91,112)(H,92,107)(H,93,108)(H,113,114)(H,115,116)/t50-,54+,55+,56+,57-,58?,59+,60-,61-,62+,63+,64-,65-,66+,67+,68+,71+,80-,81-/m0/s1. The van der Waals surface area contributed by atoms with Crippen molar-refractivity contribution in [1.29, 1.82) is 0 Å². The van der Waals surface area contributed by atoms with Crippen LogP contribution in [0.15, 0.2) is 103 Å². The number of aliphatic hydroxyl groups excluding tert-OH is 8. The summed E-state index contributed by atoms with van der Waals surface area (Å²) in [4.78, 5) is 136. The topological polar surface area (TPSA) is 598 Å². The molecule has 17 bridgehead atoms. The lowest BCUT2D eigenvalue weighted by Crippen LogP contribution is -2.66. The summed E-state index contributed by atoms with van der Waals surface area (Å²) in [6.07, 6.45) is -19.1. The highest BCUT2D eigenvalue weighted by molar-refractivity contribution is 6.37. The van der Waals surface area contributed by atoms with Crippen LogP contribution in [-0.2, 0) is 52.6 Å². The maximum absolute atomic E-state index is 16.7. The van der Waals surface area contributed by atoms with Gasteiger partial charge in [-0.2, -0.15) is 0 Å². The molecular formula is C81H82Cl4N8O30. The molecule has 7 amide bonds. The van der Waals surface area contributed by atoms with E-state index in [-0.39, 0.29) is 17.5 Å². The van der Waals surface area contributed by atoms with Crippen LogP contribution in [0.5, 0.6) is 69.0 Å². The Morgan fingerprint density at radius 3 is 1.75 bits per heavy atom. The molecule has 19 atom stereocenters. The minimum absolute atomic E-state index is 0.0707. The number of hydrogen-bond acceptors (Lipinski definition) is 29. The molecular weight excluding hydrogens is 1710 g/mol. The number of carbonyl (C=O) groups excluding carboxylic acids is 7. The minimum atomic E-state index is -2.59. The van der Waals surface area contributed by atoms with Crippen molar-refractivity contribution in [3.63, 3.8) is 0 Å². The number of rotatable bonds is 17. The van der Waals surface area contributed by atoms with E-state index in [2.05, 4.69) is 42.5 Å². The second-order valence-electron chi connectivity index (χ2n) is 29.7. The van der Waals surface area contributed by atoms with Crippen LogP contribution in [0.2, 0.25) is 20.1 Å². The van der Waals surface area contributed by atoms with E-state index in [1.54, 1.807) is 0 Å². The molecule has 22 N–H and O–H groups in total. The maximum Gasteiger partial charge on any atom is 0.335 e. The van der Waals surface area contributed by atoms with Crippen LogP contribution in [-0.4, -0.2) is 212 Å². The summed E-state index contributed by atoms with van der Waals surface area (Å²) in [5.74, 6) is -22.0. The highest BCUT2D eigenvalue weighted by atomic mass is 35.5. The second-order valence-corrected chi connectivity index (χ2v) is 31.3. The molecule has 7 aromatic rings. The van der Waals surface area contributed by atoms with E-state index in [0.29, 0.717) is 12.8 Å². The quantitative estimate of drug-likeness (QED) is 0.0564. The fraction of sp³-hybridized carbons (Fsp3) is 0.370. The van der Waals surface area contributed by atoms with Gasteiger partial charge in [0, 0.05) is 40.8 Å². The number of nitrogens with one attached hydrogen (secondary N) is 8. The van der Waals surface area contributed by atoms with Crippen molar-refractivity contribution in [2.75, 3.05) is 13.7 Å². The van der Waals surface area contributed by atoms with E-state index in [1.807, 2.05) is 6.92 Å². The molecule has 123 heavy (non-hydrogen) atoms. The van der Waals surface area contributed by atoms with Gasteiger partial charge in [0.25, 0.3) is 0 Å². The number of unbranched alkanes of at least 4 members (excludes halogenated alkanes) is 6. The van der Waals surface area contributed by atoms with Crippen molar-refractivity contribution in [2.45, 2.75) is 174 Å². The largest absolute Gasteiger partial charge is 0.508 e. The first kappa shape index (κ1) is 89.4. The number of carbonyl (C=O) groups is 9. The second kappa shape index (κ2) is 37.4. The molecule has 0 saturated carbocycles. The van der Waals surface area contributed by atoms with Crippen LogP contribution in [0, 0.1) is 0 Å². The molecule has 38 nitrogen and oxygen atoms in total. The number of aliphatic hydroxyl groups is 8. The number of phenols is 4. The molecule has 8 heterocycles. The third kappa shape index (κ3) is 18.7. The number of phenolic OH excluding ortho intramolecular Hbond substituents is 4. The Bertz CT molecular complexity index is 5300. The van der Waals surface area contributed by atoms with E-state index in [1.165, 1.54) is 19.2 Å². The van der Waals surface area contributed by atoms with Gasteiger partial charge in [0.05, 0.1) is 26.7 Å². The predicted molar refractivity (Wildman–Crippen MR) is 426 cm³/mol. The fourth-order valence-electron chi connectivity index (χ4n) is 15.0. The number of carboxylic acid groups (broad SMARTS) is 2. The SMILES string of the molecule is CCCCCCCCCC(=O)N[C@@H]1[C@@H](Oc2c3cc4cc2Oc2c(Cl)cc(cc2Cl)[C@@H](O)[C@@H]2NC(=O)[C@H](NC(=O)[C@@H]4NC(=O)[C@H]4NC(=O)[C@H](NC(=O)[C@H](NC)c5ccc(O)c(c5)Oc5cc(O)c(Cl)c4c5)[C@H](O)c4ccc(c(Cl)c4)O3)c3ccc(O)c(c3)-c3c(O[C@H]4O[C@@H](CO)[C@H](O)[C@@H](O)[C@H]4O)cc(O)cc3C(C(=O)O)NC2=O)O[C@@H](C(=O)O)[C@H](O)[C@H]1O. The molecule has 0 radical (unpaired) electrons. The van der Waals surface area contributed by atoms with Crippen LogP contribution >= 0.6 is 46.4 Å². The summed E-state index contributed by atoms with van der Waals surface area (Å²) in [6.45, 7) is 1.03. The van der Waals surface area contributed by atoms with Gasteiger partial charge in [-0.15, -0.1) is 0 Å². The zero-order valence-electron chi connectivity index (χ0n) is 64.5. The Morgan fingerprint density at radius 1 is 0.488 bits per heavy atom. The summed E-state index contributed by atoms with van der Waals surface area (Å²) in [6, 6.07) is -1.40. The highest BCUT2D eigenvalue weighted by Crippen LogP contribution is 2.52. The van der Waals surface area contributed by atoms with Crippen molar-refractivity contribution in [3.8, 4) is 80.1 Å². The van der Waals surface area contributed by atoms with Crippen LogP contribution in [0.3, 0.4) is 0 Å². The zero-order valence-corrected chi connectivity index (χ0v) is 67.5. The third-order valence-electron chi connectivity index (χ3n) is 21.5. The molecule has 8 aliphatic rings. The van der Waals surface area contributed by atoms with Gasteiger partial charge in [0.15, 0.2) is 40.9 Å². The molecule has 1 unspecified atom stereocenters. The number of hydrogen-bond donors (Lipinski definition) is 22. The number of amides is 7. The van der Waals surface area contributed by atoms with Crippen LogP contribution in [0.4, 0.5) is 0 Å². The van der Waals surface area contributed by atoms with E-state index >= 15 is 24.0 Å². The highest BCUT2D eigenvalue weighted by Gasteiger charge is 2.52. The molecule has 2 fully saturated rings. The number of carboxylic acids is 2. The van der Waals surface area contributed by atoms with Gasteiger partial charge in [-0.3, -0.25) is 33.6 Å². The zero-order chi connectivity index (χ0) is 88.6. The number of fused-ring (bicyclic) bond motifs is 14. The summed E-state index contributed by atoms with van der Waals surface area (Å²) in [5, 5.41) is 178. The number of benzene rings is 7. The van der Waals surface area contributed by atoms with E-state index < -0.39 is 304 Å². The van der Waals surface area contributed by atoms with Gasteiger partial charge in [-0.05, 0) is 114 Å². The molecule has 0 spiro atoms. The van der Waals surface area contributed by atoms with Gasteiger partial charge < -0.3 is 147 Å². The number of halogens is 4. The van der Waals surface area contributed by atoms with Gasteiger partial charge in [-0.25, -0.2) is 9.59 Å². The molecule has 654 valence electrons. The summed E-state index contributed by atoms with van der Waals surface area (Å²) in [5.41, 5.74) is -4.54. The van der Waals surface area contributed by atoms with Gasteiger partial charge in [0.1, 0.15) is 126 Å². The molecule has 15 rings (SSSR count). The minimum Gasteiger partial charge on any atom is -0.508 e. The number of ether oxygens (including phenoxy) is 7. The Hall–Kier alpha value is -11.3. The lowest BCUT2D eigenvalue weighted by atomic mass is 9.89. The van der Waals surface area contributed by atoms with Crippen LogP contribution in [0.25, 0.3) is 11.1 Å². The van der Waals surface area contributed by atoms with Crippen molar-refractivity contribution in [3.05, 3.63) is 162 Å². The van der Waals surface area contributed by atoms with Crippen molar-refractivity contribution in [1.82, 2.24) is 42.5 Å². The molecule has 8 aliphatic heterocycles. The Balaban J connectivity index is 1.07. The first-order valence-corrected chi connectivity index (χ1v) is 39.9. The molecule has 0 aliphatic carbocycles. The van der Waals surface area contributed by atoms with Gasteiger partial charge in [0.2, 0.25) is 59.7 Å². The van der Waals surface area contributed by atoms with Crippen molar-refractivity contribution >= 4 is 99.7 Å². The molecule has 7 aromatic carbocycles. The Morgan fingerprint density at radius 2 is 1.08 bits per heavy atom. The van der Waals surface area contributed by atoms with Crippen molar-refractivity contribution < 1.29 is 148 Å². The normalized spacial score (nSPS) is 27.0. The third-order valence-corrected chi connectivity index (χ3v) is 22.7. The molecule has 2 saturated heterocycles. The molecule has 42 heteroatoms. The lowest BCUT2D eigenvalue weighted by Gasteiger charge is -2.41. The molecule has 0 aromatic heterocycles. The number of aliphatic carboxylic acids is 2. The monoisotopic (exact) mass is 1790 g/mol. The first-order chi connectivity index (χ1) is 58.6. The lowest BCUT2D eigenvalue weighted by molar-refractivity contribution is -0.277. The first-order valence-electron chi connectivity index (χ1n) is 38.4. The van der Waals surface area contributed by atoms with Gasteiger partial charge in [-0.1, -0.05) is 110 Å². The van der Waals surface area contributed by atoms with E-state index in [0.717, 1.165) is 123 Å². The summed E-state index contributed by atoms with van der Waals surface area (Å²) < 4.78 is 43.7. The van der Waals surface area contributed by atoms with Crippen molar-refractivity contribution in [2.24, 2.45) is 0 Å². The number of aromatic hydroxyl groups is 4. The Labute approximate surface area is 716 Å². The van der Waals surface area contributed by atoms with Crippen LogP contribution < -0.4 is 66.2 Å². The smallest absolute Gasteiger partial charge is 0.335 e. The maximum atomic E-state index is 16.7. The van der Waals surface area contributed by atoms with E-state index in [9.17, 15) is 90.7 Å². The summed E-state index contributed by atoms with van der Waals surface area (Å²) >= 11 is 28.5. The predicted octanol–water partition coefficient (Wildman–Crippen LogP) is 4.35. The Kier molecular flexibility index (Phi) is 27.2. The summed E-state index contributed by atoms with van der Waals surface area (Å²) in [7, 11) is 1.34. The average Bonchev–Trinajstić information content (AvgIpc) is 0.757. The van der Waals surface area contributed by atoms with E-state index in [4.69, 9.17) is 79.6 Å². The average molecular weight is 1790 g/mol. The fourth-order valence-corrected chi connectivity index (χ4v) is 16.1. The van der Waals surface area contributed by atoms with Gasteiger partial charge >= 0.3 is 11.9 Å².